The summed E-state index contributed by atoms with van der Waals surface area (Å²) < 4.78 is 5.11. The lowest BCUT2D eigenvalue weighted by Gasteiger charge is -2.23. The van der Waals surface area contributed by atoms with E-state index in [1.54, 1.807) is 20.8 Å². The summed E-state index contributed by atoms with van der Waals surface area (Å²) in [5, 5.41) is 9.84. The molecule has 92 valence electrons. The molecular formula is C12H21NO3. The van der Waals surface area contributed by atoms with Crippen LogP contribution in [0.15, 0.2) is 0 Å². The Morgan fingerprint density at radius 1 is 1.44 bits per heavy atom. The highest BCUT2D eigenvalue weighted by Crippen LogP contribution is 2.17. The lowest BCUT2D eigenvalue weighted by Crippen LogP contribution is -2.32. The van der Waals surface area contributed by atoms with Crippen LogP contribution in [0.25, 0.3) is 0 Å². The van der Waals surface area contributed by atoms with Gasteiger partial charge in [0.25, 0.3) is 0 Å². The third-order valence-electron chi connectivity index (χ3n) is 1.99. The molecule has 4 heteroatoms. The Morgan fingerprint density at radius 3 is 2.38 bits per heavy atom. The van der Waals surface area contributed by atoms with Crippen LogP contribution >= 0.6 is 0 Å². The Hall–Kier alpha value is -1.05. The maximum Gasteiger partial charge on any atom is 0.306 e. The van der Waals surface area contributed by atoms with E-state index < -0.39 is 11.2 Å². The largest absolute Gasteiger partial charge is 0.460 e. The van der Waals surface area contributed by atoms with E-state index >= 15 is 0 Å². The minimum atomic E-state index is -1.30. The summed E-state index contributed by atoms with van der Waals surface area (Å²) in [6, 6.07) is 0. The summed E-state index contributed by atoms with van der Waals surface area (Å²) in [4.78, 5) is 11.4. The molecule has 0 saturated carbocycles. The van der Waals surface area contributed by atoms with E-state index in [4.69, 9.17) is 16.9 Å². The van der Waals surface area contributed by atoms with Crippen LogP contribution in [0, 0.1) is 12.3 Å². The zero-order valence-electron chi connectivity index (χ0n) is 10.2. The molecule has 3 N–H and O–H groups in total. The van der Waals surface area contributed by atoms with E-state index in [-0.39, 0.29) is 31.8 Å². The number of nitrogens with two attached hydrogens (primary N) is 1. The predicted octanol–water partition coefficient (Wildman–Crippen LogP) is 0.821. The smallest absolute Gasteiger partial charge is 0.306 e. The second-order valence-electron chi connectivity index (χ2n) is 4.80. The number of ether oxygens (including phenoxy) is 1. The summed E-state index contributed by atoms with van der Waals surface area (Å²) in [5.74, 6) is 1.90. The molecule has 0 spiro atoms. The van der Waals surface area contributed by atoms with Gasteiger partial charge in [0.15, 0.2) is 0 Å². The van der Waals surface area contributed by atoms with E-state index in [1.807, 2.05) is 0 Å². The number of aliphatic hydroxyl groups is 1. The summed E-state index contributed by atoms with van der Waals surface area (Å²) in [5.41, 5.74) is 3.51. The van der Waals surface area contributed by atoms with Gasteiger partial charge < -0.3 is 15.6 Å². The molecule has 0 amide bonds. The Bertz CT molecular complexity index is 275. The van der Waals surface area contributed by atoms with Crippen LogP contribution in [0.4, 0.5) is 0 Å². The molecule has 0 bridgehead atoms. The third kappa shape index (κ3) is 6.44. The van der Waals surface area contributed by atoms with Gasteiger partial charge in [0.1, 0.15) is 11.2 Å². The van der Waals surface area contributed by atoms with Crippen molar-refractivity contribution in [3.05, 3.63) is 0 Å². The Labute approximate surface area is 97.2 Å². The van der Waals surface area contributed by atoms with Gasteiger partial charge in [-0.15, -0.1) is 6.42 Å². The topological polar surface area (TPSA) is 72.5 Å². The van der Waals surface area contributed by atoms with Crippen LogP contribution in [0.2, 0.25) is 0 Å². The summed E-state index contributed by atoms with van der Waals surface area (Å²) in [6.07, 6.45) is 5.75. The van der Waals surface area contributed by atoms with Gasteiger partial charge in [-0.3, -0.25) is 4.79 Å². The Morgan fingerprint density at radius 2 is 2.00 bits per heavy atom. The van der Waals surface area contributed by atoms with Crippen molar-refractivity contribution in [3.63, 3.8) is 0 Å². The van der Waals surface area contributed by atoms with Crippen molar-refractivity contribution in [2.75, 3.05) is 6.54 Å². The van der Waals surface area contributed by atoms with E-state index in [2.05, 4.69) is 5.92 Å². The first-order valence-corrected chi connectivity index (χ1v) is 5.34. The molecule has 0 aromatic heterocycles. The number of carbonyl (C=O) groups excluding carboxylic acids is 1. The number of terminal acetylenes is 1. The SMILES string of the molecule is C#CC(O)(CCN)CCC(=O)OC(C)(C)C. The van der Waals surface area contributed by atoms with Crippen LogP contribution in [-0.2, 0) is 9.53 Å². The van der Waals surface area contributed by atoms with Crippen LogP contribution in [-0.4, -0.2) is 28.8 Å². The van der Waals surface area contributed by atoms with Gasteiger partial charge in [-0.25, -0.2) is 0 Å². The average Bonchev–Trinajstić information content (AvgIpc) is 2.13. The monoisotopic (exact) mass is 227 g/mol. The van der Waals surface area contributed by atoms with Crippen molar-refractivity contribution in [1.82, 2.24) is 0 Å². The highest BCUT2D eigenvalue weighted by Gasteiger charge is 2.25. The van der Waals surface area contributed by atoms with Crippen molar-refractivity contribution < 1.29 is 14.6 Å². The fraction of sp³-hybridized carbons (Fsp3) is 0.750. The van der Waals surface area contributed by atoms with Gasteiger partial charge >= 0.3 is 5.97 Å². The molecule has 0 fully saturated rings. The van der Waals surface area contributed by atoms with E-state index in [0.717, 1.165) is 0 Å². The highest BCUT2D eigenvalue weighted by molar-refractivity contribution is 5.70. The molecule has 0 aliphatic rings. The van der Waals surface area contributed by atoms with Crippen molar-refractivity contribution in [2.24, 2.45) is 5.73 Å². The van der Waals surface area contributed by atoms with Crippen LogP contribution in [0.1, 0.15) is 40.0 Å². The van der Waals surface area contributed by atoms with Crippen molar-refractivity contribution in [3.8, 4) is 12.3 Å². The van der Waals surface area contributed by atoms with Gasteiger partial charge in [0.2, 0.25) is 0 Å². The molecule has 0 aliphatic carbocycles. The summed E-state index contributed by atoms with van der Waals surface area (Å²) in [7, 11) is 0. The van der Waals surface area contributed by atoms with Gasteiger partial charge in [0.05, 0.1) is 0 Å². The molecule has 0 heterocycles. The lowest BCUT2D eigenvalue weighted by atomic mass is 9.95. The molecule has 0 aromatic rings. The van der Waals surface area contributed by atoms with Crippen LogP contribution in [0.3, 0.4) is 0 Å². The highest BCUT2D eigenvalue weighted by atomic mass is 16.6. The molecule has 0 radical (unpaired) electrons. The van der Waals surface area contributed by atoms with Gasteiger partial charge in [-0.2, -0.15) is 0 Å². The first-order valence-electron chi connectivity index (χ1n) is 5.34. The van der Waals surface area contributed by atoms with Crippen LogP contribution < -0.4 is 5.73 Å². The number of esters is 1. The fourth-order valence-electron chi connectivity index (χ4n) is 1.21. The number of hydrogen-bond acceptors (Lipinski definition) is 4. The molecule has 1 unspecified atom stereocenters. The lowest BCUT2D eigenvalue weighted by molar-refractivity contribution is -0.155. The predicted molar refractivity (Wildman–Crippen MR) is 62.5 cm³/mol. The van der Waals surface area contributed by atoms with Crippen molar-refractivity contribution in [2.45, 2.75) is 51.2 Å². The maximum absolute atomic E-state index is 11.4. The maximum atomic E-state index is 11.4. The van der Waals surface area contributed by atoms with E-state index in [0.29, 0.717) is 0 Å². The van der Waals surface area contributed by atoms with Gasteiger partial charge in [0, 0.05) is 6.42 Å². The third-order valence-corrected chi connectivity index (χ3v) is 1.99. The molecule has 0 saturated heterocycles. The average molecular weight is 227 g/mol. The van der Waals surface area contributed by atoms with Gasteiger partial charge in [-0.05, 0) is 40.2 Å². The second-order valence-corrected chi connectivity index (χ2v) is 4.80. The molecule has 16 heavy (non-hydrogen) atoms. The molecule has 4 nitrogen and oxygen atoms in total. The fourth-order valence-corrected chi connectivity index (χ4v) is 1.21. The summed E-state index contributed by atoms with van der Waals surface area (Å²) >= 11 is 0. The van der Waals surface area contributed by atoms with Crippen LogP contribution in [0.5, 0.6) is 0 Å². The Balaban J connectivity index is 4.14. The van der Waals surface area contributed by atoms with Crippen molar-refractivity contribution >= 4 is 5.97 Å². The summed E-state index contributed by atoms with van der Waals surface area (Å²) in [6.45, 7) is 5.66. The minimum absolute atomic E-state index is 0.0952. The number of hydrogen-bond donors (Lipinski definition) is 2. The Kier molecular flexibility index (Phi) is 5.49. The normalized spacial score (nSPS) is 15.0. The molecule has 1 atom stereocenters. The minimum Gasteiger partial charge on any atom is -0.460 e. The molecule has 0 aliphatic heterocycles. The second kappa shape index (κ2) is 5.88. The first kappa shape index (κ1) is 14.9. The first-order chi connectivity index (χ1) is 7.22. The molecule has 0 aromatic carbocycles. The quantitative estimate of drug-likeness (QED) is 0.539. The van der Waals surface area contributed by atoms with Crippen molar-refractivity contribution in [1.29, 1.82) is 0 Å². The van der Waals surface area contributed by atoms with E-state index in [9.17, 15) is 9.90 Å². The number of carbonyl (C=O) groups is 1. The van der Waals surface area contributed by atoms with Gasteiger partial charge in [-0.1, -0.05) is 5.92 Å². The van der Waals surface area contributed by atoms with E-state index in [1.165, 1.54) is 0 Å². The number of rotatable bonds is 5. The zero-order valence-corrected chi connectivity index (χ0v) is 10.2. The molecule has 0 rings (SSSR count). The zero-order chi connectivity index (χ0) is 12.8. The standard InChI is InChI=1S/C12H21NO3/c1-5-12(15,8-9-13)7-6-10(14)16-11(2,3)4/h1,15H,6-9,13H2,2-4H3. The molecular weight excluding hydrogens is 206 g/mol.